The molecule has 0 aliphatic carbocycles. The van der Waals surface area contributed by atoms with Gasteiger partial charge in [0.05, 0.1) is 55.8 Å². The van der Waals surface area contributed by atoms with Crippen LogP contribution in [0, 0.1) is 11.3 Å². The number of aromatic nitrogens is 4. The molecule has 0 radical (unpaired) electrons. The largest absolute Gasteiger partial charge is 0.309 e. The van der Waals surface area contributed by atoms with Crippen LogP contribution in [0.3, 0.4) is 0 Å². The molecule has 0 saturated heterocycles. The van der Waals surface area contributed by atoms with E-state index < -0.39 is 8.07 Å². The van der Waals surface area contributed by atoms with E-state index in [0.29, 0.717) is 5.56 Å². The van der Waals surface area contributed by atoms with Crippen molar-refractivity contribution in [3.05, 3.63) is 461 Å². The molecular formula is C115H75N5SSi. The third kappa shape index (κ3) is 11.9. The van der Waals surface area contributed by atoms with Gasteiger partial charge in [-0.3, -0.25) is 0 Å². The zero-order valence-corrected chi connectivity index (χ0v) is 68.3. The SMILES string of the molecule is N#Cc1cccc(-n2c3ccccc3c3cc(-c4cccc(-c5ccc6c(c5)c5ccc(-c7cccc8c7sc7ccccc78)cc5n6-c5ccccc5)c4)ccc32)c1.c1ccc(-n2c3ccccc3c3cc(-c4ccc(-c5ccc6c(c5)c5ccccc5n6-c5ccc([Si](c6ccccc6)(c6ccccc6)c6ccccc6)cc5)cc4)ccc32)cc1. The number of rotatable bonds is 13. The monoisotopic (exact) mass is 1590 g/mol. The van der Waals surface area contributed by atoms with Crippen molar-refractivity contribution in [1.29, 1.82) is 5.26 Å². The number of hydrogen-bond acceptors (Lipinski definition) is 2. The lowest BCUT2D eigenvalue weighted by atomic mass is 9.96. The number of benzene rings is 19. The van der Waals surface area contributed by atoms with Gasteiger partial charge in [-0.25, -0.2) is 0 Å². The van der Waals surface area contributed by atoms with Gasteiger partial charge in [-0.15, -0.1) is 11.3 Å². The number of fused-ring (bicyclic) bond motifs is 15. The first-order chi connectivity index (χ1) is 60.4. The van der Waals surface area contributed by atoms with E-state index in [1.807, 2.05) is 29.5 Å². The Morgan fingerprint density at radius 1 is 0.197 bits per heavy atom. The second-order valence-corrected chi connectivity index (χ2v) is 36.6. The van der Waals surface area contributed by atoms with E-state index in [1.165, 1.54) is 173 Å². The van der Waals surface area contributed by atoms with Crippen molar-refractivity contribution < 1.29 is 0 Å². The van der Waals surface area contributed by atoms with Crippen molar-refractivity contribution in [2.75, 3.05) is 0 Å². The van der Waals surface area contributed by atoms with E-state index in [2.05, 4.69) is 461 Å². The van der Waals surface area contributed by atoms with Crippen LogP contribution >= 0.6 is 11.3 Å². The fraction of sp³-hybridized carbons (Fsp3) is 0. The topological polar surface area (TPSA) is 43.5 Å². The molecule has 24 rings (SSSR count). The molecule has 5 heterocycles. The molecule has 0 aliphatic heterocycles. The Kier molecular flexibility index (Phi) is 17.5. The van der Waals surface area contributed by atoms with Gasteiger partial charge in [-0.2, -0.15) is 5.26 Å². The fourth-order valence-corrected chi connectivity index (χ4v) is 25.4. The normalized spacial score (nSPS) is 11.8. The van der Waals surface area contributed by atoms with Crippen LogP contribution in [0.5, 0.6) is 0 Å². The number of hydrogen-bond donors (Lipinski definition) is 0. The van der Waals surface area contributed by atoms with Gasteiger partial charge in [-0.1, -0.05) is 315 Å². The molecule has 5 nitrogen and oxygen atoms in total. The van der Waals surface area contributed by atoms with E-state index in [0.717, 1.165) is 33.7 Å². The van der Waals surface area contributed by atoms with Gasteiger partial charge in [-0.05, 0) is 216 Å². The van der Waals surface area contributed by atoms with Crippen LogP contribution in [-0.2, 0) is 0 Å². The van der Waals surface area contributed by atoms with E-state index in [9.17, 15) is 5.26 Å². The van der Waals surface area contributed by atoms with Crippen molar-refractivity contribution >= 4 is 148 Å². The Morgan fingerprint density at radius 2 is 0.525 bits per heavy atom. The highest BCUT2D eigenvalue weighted by Gasteiger charge is 2.41. The number of para-hydroxylation sites is 5. The Balaban J connectivity index is 0.000000142. The molecule has 0 spiro atoms. The van der Waals surface area contributed by atoms with Crippen molar-refractivity contribution in [2.24, 2.45) is 0 Å². The standard InChI is InChI=1S/C60H42N2Si.C55H33N3S/c1-5-17-47(18-6-1)61-57-27-15-13-25-53(57)55-41-45(33-39-59(55)61)43-29-31-44(32-30-43)46-34-40-60-56(42-46)54-26-14-16-28-58(54)62(60)48-35-37-52(38-36-48)63(49-19-7-2-8-20-49,50-21-9-3-10-22-50)51-23-11-4-12-24-51;56-34-35-11-8-16-42(29-35)58-50-21-6-4-17-44(50)48-31-38(25-28-52(48)58)36-12-9-13-37(30-36)39-24-27-51-49(32-39)45-26-23-40(33-53(45)57(51)41-14-2-1-3-15-41)43-19-10-20-47-46-18-5-7-22-54(46)59-55(43)47/h1-42H;1-33H. The summed E-state index contributed by atoms with van der Waals surface area (Å²) >= 11 is 1.88. The molecule has 0 aliphatic rings. The summed E-state index contributed by atoms with van der Waals surface area (Å²) in [7, 11) is -2.63. The molecule has 0 saturated carbocycles. The zero-order chi connectivity index (χ0) is 80.8. The van der Waals surface area contributed by atoms with Crippen molar-refractivity contribution in [3.8, 4) is 84.5 Å². The highest BCUT2D eigenvalue weighted by atomic mass is 32.1. The maximum Gasteiger partial charge on any atom is 0.179 e. The molecule has 0 bridgehead atoms. The molecule has 0 unspecified atom stereocenters. The third-order valence-corrected chi connectivity index (χ3v) is 31.0. The molecule has 7 heteroatoms. The van der Waals surface area contributed by atoms with Crippen LogP contribution in [0.1, 0.15) is 5.56 Å². The lowest BCUT2D eigenvalue weighted by Crippen LogP contribution is -2.74. The molecule has 19 aromatic carbocycles. The van der Waals surface area contributed by atoms with Crippen LogP contribution in [0.4, 0.5) is 0 Å². The van der Waals surface area contributed by atoms with Gasteiger partial charge in [0, 0.05) is 86.0 Å². The molecule has 122 heavy (non-hydrogen) atoms. The van der Waals surface area contributed by atoms with E-state index in [4.69, 9.17) is 0 Å². The molecule has 0 amide bonds. The molecule has 24 aromatic rings. The van der Waals surface area contributed by atoms with Crippen LogP contribution < -0.4 is 20.7 Å². The van der Waals surface area contributed by atoms with Gasteiger partial charge in [0.2, 0.25) is 0 Å². The summed E-state index contributed by atoms with van der Waals surface area (Å²) in [5.74, 6) is 0. The molecule has 570 valence electrons. The third-order valence-electron chi connectivity index (χ3n) is 25.0. The van der Waals surface area contributed by atoms with Crippen LogP contribution in [0.15, 0.2) is 455 Å². The average Bonchev–Trinajstić information content (AvgIpc) is 1.04. The molecule has 0 atom stereocenters. The van der Waals surface area contributed by atoms with E-state index in [1.54, 1.807) is 0 Å². The van der Waals surface area contributed by atoms with Crippen LogP contribution in [0.25, 0.3) is 186 Å². The quantitative estimate of drug-likeness (QED) is 0.0838. The van der Waals surface area contributed by atoms with Gasteiger partial charge < -0.3 is 18.3 Å². The van der Waals surface area contributed by atoms with Crippen molar-refractivity contribution in [3.63, 3.8) is 0 Å². The van der Waals surface area contributed by atoms with Gasteiger partial charge in [0.15, 0.2) is 8.07 Å². The Bertz CT molecular complexity index is 8140. The molecule has 5 aromatic heterocycles. The maximum absolute atomic E-state index is 9.64. The lowest BCUT2D eigenvalue weighted by molar-refractivity contribution is 1.18. The second kappa shape index (κ2) is 29.7. The Morgan fingerprint density at radius 3 is 1.00 bits per heavy atom. The first-order valence-corrected chi connectivity index (χ1v) is 44.5. The summed E-state index contributed by atoms with van der Waals surface area (Å²) in [6.07, 6.45) is 0. The predicted molar refractivity (Wildman–Crippen MR) is 519 cm³/mol. The minimum absolute atomic E-state index is 0.648. The summed E-state index contributed by atoms with van der Waals surface area (Å²) in [4.78, 5) is 0. The molecular weight excluding hydrogens is 1510 g/mol. The zero-order valence-electron chi connectivity index (χ0n) is 66.4. The Hall–Kier alpha value is -15.7. The van der Waals surface area contributed by atoms with Crippen LogP contribution in [-0.4, -0.2) is 26.3 Å². The predicted octanol–water partition coefficient (Wildman–Crippen LogP) is 27.7. The minimum atomic E-state index is -2.63. The number of nitriles is 1. The average molecular weight is 1590 g/mol. The fourth-order valence-electron chi connectivity index (χ4n) is 19.4. The number of thiophene rings is 1. The summed E-state index contributed by atoms with van der Waals surface area (Å²) in [6, 6.07) is 168. The maximum atomic E-state index is 9.64. The summed E-state index contributed by atoms with van der Waals surface area (Å²) in [5, 5.41) is 27.6. The van der Waals surface area contributed by atoms with Gasteiger partial charge >= 0.3 is 0 Å². The van der Waals surface area contributed by atoms with Crippen molar-refractivity contribution in [2.45, 2.75) is 0 Å². The molecule has 0 N–H and O–H groups in total. The van der Waals surface area contributed by atoms with Crippen molar-refractivity contribution in [1.82, 2.24) is 18.3 Å². The van der Waals surface area contributed by atoms with Gasteiger partial charge in [0.1, 0.15) is 0 Å². The molecule has 0 fully saturated rings. The summed E-state index contributed by atoms with van der Waals surface area (Å²) in [6.45, 7) is 0. The Labute approximate surface area is 710 Å². The highest BCUT2D eigenvalue weighted by molar-refractivity contribution is 7.26. The van der Waals surface area contributed by atoms with E-state index in [-0.39, 0.29) is 0 Å². The first-order valence-electron chi connectivity index (χ1n) is 41.6. The highest BCUT2D eigenvalue weighted by Crippen LogP contribution is 2.45. The second-order valence-electron chi connectivity index (χ2n) is 31.7. The van der Waals surface area contributed by atoms with E-state index >= 15 is 0 Å². The first kappa shape index (κ1) is 71.6. The van der Waals surface area contributed by atoms with Crippen LogP contribution in [0.2, 0.25) is 0 Å². The summed E-state index contributed by atoms with van der Waals surface area (Å²) < 4.78 is 12.1. The smallest absolute Gasteiger partial charge is 0.179 e. The number of nitrogens with zero attached hydrogens (tertiary/aromatic N) is 5. The van der Waals surface area contributed by atoms with Gasteiger partial charge in [0.25, 0.3) is 0 Å². The minimum Gasteiger partial charge on any atom is -0.309 e. The summed E-state index contributed by atoms with van der Waals surface area (Å²) in [5.41, 5.74) is 26.6. The lowest BCUT2D eigenvalue weighted by Gasteiger charge is -2.34.